The summed E-state index contributed by atoms with van der Waals surface area (Å²) in [7, 11) is -2.88. The average molecular weight is 279 g/mol. The van der Waals surface area contributed by atoms with Crippen molar-refractivity contribution in [1.29, 1.82) is 0 Å². The molecule has 0 radical (unpaired) electrons. The maximum Gasteiger partial charge on any atom is 0.151 e. The van der Waals surface area contributed by atoms with Crippen LogP contribution in [-0.4, -0.2) is 56.9 Å². The lowest BCUT2D eigenvalue weighted by Crippen LogP contribution is -2.44. The number of unbranched alkanes of at least 4 members (excludes halogenated alkanes) is 1. The van der Waals surface area contributed by atoms with Crippen molar-refractivity contribution in [2.24, 2.45) is 0 Å². The van der Waals surface area contributed by atoms with E-state index in [1.807, 2.05) is 0 Å². The van der Waals surface area contributed by atoms with Crippen molar-refractivity contribution in [1.82, 2.24) is 5.32 Å². The van der Waals surface area contributed by atoms with Gasteiger partial charge >= 0.3 is 0 Å². The number of aliphatic hydroxyl groups is 1. The van der Waals surface area contributed by atoms with Crippen LogP contribution in [0.2, 0.25) is 0 Å². The predicted octanol–water partition coefficient (Wildman–Crippen LogP) is 0.331. The summed E-state index contributed by atoms with van der Waals surface area (Å²) in [5.74, 6) is 0.490. The molecule has 2 N–H and O–H groups in total. The summed E-state index contributed by atoms with van der Waals surface area (Å²) in [6, 6.07) is -0.0194. The lowest BCUT2D eigenvalue weighted by molar-refractivity contribution is 0.0347. The molecule has 1 rings (SSSR count). The maximum atomic E-state index is 11.4. The highest BCUT2D eigenvalue weighted by molar-refractivity contribution is 7.91. The topological polar surface area (TPSA) is 75.6 Å². The van der Waals surface area contributed by atoms with Gasteiger partial charge in [0.2, 0.25) is 0 Å². The van der Waals surface area contributed by atoms with Crippen LogP contribution in [0.1, 0.15) is 32.6 Å². The highest BCUT2D eigenvalue weighted by atomic mass is 32.2. The third kappa shape index (κ3) is 6.68. The van der Waals surface area contributed by atoms with E-state index in [1.54, 1.807) is 0 Å². The molecular formula is C12H25NO4S. The molecule has 0 saturated carbocycles. The second-order valence-corrected chi connectivity index (χ2v) is 7.17. The molecule has 0 aromatic carbocycles. The zero-order valence-electron chi connectivity index (χ0n) is 11.1. The van der Waals surface area contributed by atoms with Gasteiger partial charge in [0.15, 0.2) is 9.84 Å². The normalized spacial score (nSPS) is 24.9. The minimum Gasteiger partial charge on any atom is -0.389 e. The van der Waals surface area contributed by atoms with Crippen LogP contribution < -0.4 is 5.32 Å². The van der Waals surface area contributed by atoms with Crippen molar-refractivity contribution in [3.05, 3.63) is 0 Å². The largest absolute Gasteiger partial charge is 0.389 e. The highest BCUT2D eigenvalue weighted by Crippen LogP contribution is 2.11. The Bertz CT molecular complexity index is 318. The first kappa shape index (κ1) is 15.9. The average Bonchev–Trinajstić information content (AvgIpc) is 2.31. The van der Waals surface area contributed by atoms with Crippen molar-refractivity contribution in [3.63, 3.8) is 0 Å². The first-order chi connectivity index (χ1) is 8.53. The zero-order valence-corrected chi connectivity index (χ0v) is 11.9. The number of nitrogens with one attached hydrogen (secondary N) is 1. The molecule has 1 aliphatic rings. The lowest BCUT2D eigenvalue weighted by atomic mass is 10.2. The SMILES string of the molecule is CCCCOCC(O)CNC1CCCS(=O)(=O)C1. The Labute approximate surface area is 110 Å². The molecule has 0 aromatic rings. The van der Waals surface area contributed by atoms with Crippen LogP contribution in [0.15, 0.2) is 0 Å². The Balaban J connectivity index is 2.12. The van der Waals surface area contributed by atoms with Gasteiger partial charge in [-0.1, -0.05) is 13.3 Å². The summed E-state index contributed by atoms with van der Waals surface area (Å²) < 4.78 is 28.2. The molecule has 1 aliphatic heterocycles. The smallest absolute Gasteiger partial charge is 0.151 e. The maximum absolute atomic E-state index is 11.4. The number of ether oxygens (including phenoxy) is 1. The van der Waals surface area contributed by atoms with Crippen molar-refractivity contribution in [2.45, 2.75) is 44.8 Å². The van der Waals surface area contributed by atoms with E-state index in [-0.39, 0.29) is 11.8 Å². The van der Waals surface area contributed by atoms with Gasteiger partial charge in [-0.15, -0.1) is 0 Å². The summed E-state index contributed by atoms with van der Waals surface area (Å²) in [5, 5.41) is 12.8. The fourth-order valence-electron chi connectivity index (χ4n) is 2.01. The van der Waals surface area contributed by atoms with E-state index in [4.69, 9.17) is 4.74 Å². The van der Waals surface area contributed by atoms with Gasteiger partial charge in [0.25, 0.3) is 0 Å². The molecule has 6 heteroatoms. The Hall–Kier alpha value is -0.170. The summed E-state index contributed by atoms with van der Waals surface area (Å²) in [5.41, 5.74) is 0. The second-order valence-electron chi connectivity index (χ2n) is 4.94. The monoisotopic (exact) mass is 279 g/mol. The van der Waals surface area contributed by atoms with Gasteiger partial charge in [-0.3, -0.25) is 0 Å². The first-order valence-electron chi connectivity index (χ1n) is 6.73. The molecule has 0 aliphatic carbocycles. The first-order valence-corrected chi connectivity index (χ1v) is 8.55. The van der Waals surface area contributed by atoms with Gasteiger partial charge in [0.1, 0.15) is 0 Å². The minimum atomic E-state index is -2.88. The van der Waals surface area contributed by atoms with E-state index in [0.29, 0.717) is 31.9 Å². The molecular weight excluding hydrogens is 254 g/mol. The lowest BCUT2D eigenvalue weighted by Gasteiger charge is -2.24. The molecule has 1 fully saturated rings. The van der Waals surface area contributed by atoms with E-state index in [1.165, 1.54) is 0 Å². The van der Waals surface area contributed by atoms with E-state index < -0.39 is 15.9 Å². The van der Waals surface area contributed by atoms with E-state index in [9.17, 15) is 13.5 Å². The molecule has 1 heterocycles. The van der Waals surface area contributed by atoms with Gasteiger partial charge in [0, 0.05) is 19.2 Å². The molecule has 1 saturated heterocycles. The highest BCUT2D eigenvalue weighted by Gasteiger charge is 2.24. The van der Waals surface area contributed by atoms with Crippen LogP contribution in [0.3, 0.4) is 0 Å². The molecule has 0 amide bonds. The van der Waals surface area contributed by atoms with Crippen LogP contribution in [0.4, 0.5) is 0 Å². The van der Waals surface area contributed by atoms with Gasteiger partial charge in [-0.05, 0) is 19.3 Å². The van der Waals surface area contributed by atoms with Crippen LogP contribution in [0, 0.1) is 0 Å². The quantitative estimate of drug-likeness (QED) is 0.626. The summed E-state index contributed by atoms with van der Waals surface area (Å²) in [4.78, 5) is 0. The Morgan fingerprint density at radius 1 is 1.50 bits per heavy atom. The molecule has 5 nitrogen and oxygen atoms in total. The Morgan fingerprint density at radius 2 is 2.28 bits per heavy atom. The van der Waals surface area contributed by atoms with Crippen molar-refractivity contribution in [2.75, 3.05) is 31.3 Å². The second kappa shape index (κ2) is 8.09. The molecule has 2 atom stereocenters. The van der Waals surface area contributed by atoms with Gasteiger partial charge in [-0.25, -0.2) is 8.42 Å². The number of aliphatic hydroxyl groups excluding tert-OH is 1. The Morgan fingerprint density at radius 3 is 2.94 bits per heavy atom. The Kier molecular flexibility index (Phi) is 7.14. The number of hydrogen-bond donors (Lipinski definition) is 2. The third-order valence-electron chi connectivity index (χ3n) is 3.06. The third-order valence-corrected chi connectivity index (χ3v) is 4.88. The van der Waals surface area contributed by atoms with Gasteiger partial charge < -0.3 is 15.2 Å². The van der Waals surface area contributed by atoms with Crippen molar-refractivity contribution in [3.8, 4) is 0 Å². The molecule has 0 aromatic heterocycles. The summed E-state index contributed by atoms with van der Waals surface area (Å²) >= 11 is 0. The van der Waals surface area contributed by atoms with E-state index in [0.717, 1.165) is 19.3 Å². The fourth-order valence-corrected chi connectivity index (χ4v) is 3.68. The van der Waals surface area contributed by atoms with Gasteiger partial charge in [-0.2, -0.15) is 0 Å². The molecule has 18 heavy (non-hydrogen) atoms. The van der Waals surface area contributed by atoms with Crippen LogP contribution >= 0.6 is 0 Å². The number of hydrogen-bond acceptors (Lipinski definition) is 5. The van der Waals surface area contributed by atoms with Crippen LogP contribution in [0.25, 0.3) is 0 Å². The number of sulfone groups is 1. The van der Waals surface area contributed by atoms with Crippen LogP contribution in [0.5, 0.6) is 0 Å². The fraction of sp³-hybridized carbons (Fsp3) is 1.00. The van der Waals surface area contributed by atoms with Crippen molar-refractivity contribution < 1.29 is 18.3 Å². The minimum absolute atomic E-state index is 0.0194. The van der Waals surface area contributed by atoms with E-state index in [2.05, 4.69) is 12.2 Å². The summed E-state index contributed by atoms with van der Waals surface area (Å²) in [6.45, 7) is 3.47. The standard InChI is InChI=1S/C12H25NO4S/c1-2-3-6-17-9-12(14)8-13-11-5-4-7-18(15,16)10-11/h11-14H,2-10H2,1H3. The predicted molar refractivity (Wildman–Crippen MR) is 71.4 cm³/mol. The van der Waals surface area contributed by atoms with E-state index >= 15 is 0 Å². The molecule has 0 spiro atoms. The summed E-state index contributed by atoms with van der Waals surface area (Å²) in [6.07, 6.45) is 3.09. The zero-order chi connectivity index (χ0) is 13.4. The van der Waals surface area contributed by atoms with Crippen LogP contribution in [-0.2, 0) is 14.6 Å². The molecule has 108 valence electrons. The van der Waals surface area contributed by atoms with Crippen molar-refractivity contribution >= 4 is 9.84 Å². The molecule has 2 unspecified atom stereocenters. The number of rotatable bonds is 8. The molecule has 0 bridgehead atoms. The van der Waals surface area contributed by atoms with Gasteiger partial charge in [0.05, 0.1) is 24.2 Å².